The Morgan fingerprint density at radius 1 is 1.12 bits per heavy atom. The minimum absolute atomic E-state index is 0.172. The molecule has 33 heavy (non-hydrogen) atoms. The van der Waals surface area contributed by atoms with Crippen LogP contribution >= 0.6 is 0 Å². The van der Waals surface area contributed by atoms with Gasteiger partial charge < -0.3 is 9.47 Å². The molecule has 0 saturated heterocycles. The maximum Gasteiger partial charge on any atom is 0.459 e. The zero-order chi connectivity index (χ0) is 25.1. The number of ether oxygens (including phenoxy) is 2. The van der Waals surface area contributed by atoms with Crippen molar-refractivity contribution < 1.29 is 45.9 Å². The lowest BCUT2D eigenvalue weighted by Gasteiger charge is -2.34. The van der Waals surface area contributed by atoms with Crippen molar-refractivity contribution in [2.45, 2.75) is 38.8 Å². The van der Waals surface area contributed by atoms with Crippen LogP contribution in [0.15, 0.2) is 40.5 Å². The highest BCUT2D eigenvalue weighted by Gasteiger charge is 2.63. The van der Waals surface area contributed by atoms with E-state index in [0.717, 1.165) is 31.2 Å². The Hall–Kier alpha value is -3.38. The van der Waals surface area contributed by atoms with Gasteiger partial charge in [-0.3, -0.25) is 19.9 Å². The molecular weight excluding hydrogens is 459 g/mol. The molecule has 0 aromatic heterocycles. The number of allylic oxidation sites excluding steroid dienone is 1. The monoisotopic (exact) mass is 478 g/mol. The molecule has 8 nitrogen and oxygen atoms in total. The van der Waals surface area contributed by atoms with Crippen molar-refractivity contribution in [2.75, 3.05) is 13.2 Å². The number of hydrogen-bond donors (Lipinski definition) is 0. The van der Waals surface area contributed by atoms with E-state index in [0.29, 0.717) is 0 Å². The zero-order valence-corrected chi connectivity index (χ0v) is 17.6. The summed E-state index contributed by atoms with van der Waals surface area (Å²) in [7, 11) is 0. The molecule has 0 N–H and O–H groups in total. The Kier molecular flexibility index (Phi) is 7.55. The summed E-state index contributed by atoms with van der Waals surface area (Å²) in [6, 6.07) is 4.22. The highest BCUT2D eigenvalue weighted by atomic mass is 19.4. The number of non-ortho nitro benzene ring substituents is 1. The van der Waals surface area contributed by atoms with Crippen LogP contribution in [0.2, 0.25) is 0 Å². The molecule has 0 spiro atoms. The summed E-state index contributed by atoms with van der Waals surface area (Å²) >= 11 is 0. The van der Waals surface area contributed by atoms with Gasteiger partial charge in [0.05, 0.1) is 23.7 Å². The highest BCUT2D eigenvalue weighted by molar-refractivity contribution is 6.07. The van der Waals surface area contributed by atoms with Crippen LogP contribution in [0.1, 0.15) is 32.3 Å². The van der Waals surface area contributed by atoms with Gasteiger partial charge in [0, 0.05) is 23.8 Å². The Morgan fingerprint density at radius 3 is 2.24 bits per heavy atom. The van der Waals surface area contributed by atoms with Gasteiger partial charge in [-0.1, -0.05) is 12.1 Å². The lowest BCUT2D eigenvalue weighted by molar-refractivity contribution is -0.384. The van der Waals surface area contributed by atoms with Gasteiger partial charge in [-0.15, -0.1) is 0 Å². The van der Waals surface area contributed by atoms with E-state index in [2.05, 4.69) is 4.99 Å². The molecule has 2 rings (SSSR count). The van der Waals surface area contributed by atoms with Crippen molar-refractivity contribution in [2.24, 2.45) is 10.9 Å². The van der Waals surface area contributed by atoms with Gasteiger partial charge in [0.15, 0.2) is 0 Å². The number of nitrogens with zero attached hydrogens (tertiary/aromatic N) is 2. The molecule has 1 heterocycles. The Balaban J connectivity index is 2.94. The van der Waals surface area contributed by atoms with Crippen LogP contribution in [-0.4, -0.2) is 47.9 Å². The minimum atomic E-state index is -6.13. The summed E-state index contributed by atoms with van der Waals surface area (Å²) in [5, 5.41) is 11.2. The molecule has 1 aromatic carbocycles. The predicted molar refractivity (Wildman–Crippen MR) is 104 cm³/mol. The fourth-order valence-electron chi connectivity index (χ4n) is 3.40. The maximum absolute atomic E-state index is 14.5. The summed E-state index contributed by atoms with van der Waals surface area (Å²) < 4.78 is 78.4. The molecular formula is C20H19F5N2O6. The van der Waals surface area contributed by atoms with Crippen molar-refractivity contribution in [3.05, 3.63) is 51.2 Å². The van der Waals surface area contributed by atoms with E-state index < -0.39 is 63.5 Å². The van der Waals surface area contributed by atoms with Crippen molar-refractivity contribution in [1.82, 2.24) is 0 Å². The number of nitro groups is 1. The average molecular weight is 478 g/mol. The molecule has 0 radical (unpaired) electrons. The van der Waals surface area contributed by atoms with Crippen LogP contribution in [0.5, 0.6) is 0 Å². The Labute approximate surface area is 184 Å². The summed E-state index contributed by atoms with van der Waals surface area (Å²) in [5.74, 6) is -11.7. The van der Waals surface area contributed by atoms with Crippen LogP contribution in [0.25, 0.3) is 0 Å². The summed E-state index contributed by atoms with van der Waals surface area (Å²) in [5.41, 5.74) is -4.44. The van der Waals surface area contributed by atoms with E-state index in [9.17, 15) is 41.7 Å². The van der Waals surface area contributed by atoms with E-state index in [1.54, 1.807) is 0 Å². The third kappa shape index (κ3) is 5.01. The quantitative estimate of drug-likeness (QED) is 0.250. The number of halogens is 5. The number of benzene rings is 1. The van der Waals surface area contributed by atoms with Gasteiger partial charge in [-0.25, -0.2) is 4.79 Å². The minimum Gasteiger partial charge on any atom is -0.465 e. The molecule has 1 aliphatic rings. The van der Waals surface area contributed by atoms with Gasteiger partial charge >= 0.3 is 24.0 Å². The van der Waals surface area contributed by atoms with Gasteiger partial charge in [0.1, 0.15) is 11.6 Å². The third-order valence-electron chi connectivity index (χ3n) is 4.77. The van der Waals surface area contributed by atoms with Crippen LogP contribution < -0.4 is 0 Å². The SMILES string of the molecule is CCOC(=O)C1=C(C(F)(F)C(F)(F)F)N=C(C)C(C(=O)OCC)C1c1cccc([N+](=O)[O-])c1. The molecule has 2 unspecified atom stereocenters. The molecule has 0 fully saturated rings. The fraction of sp³-hybridized carbons (Fsp3) is 0.450. The molecule has 0 saturated carbocycles. The van der Waals surface area contributed by atoms with Crippen molar-refractivity contribution in [1.29, 1.82) is 0 Å². The molecule has 1 aliphatic heterocycles. The van der Waals surface area contributed by atoms with Crippen molar-refractivity contribution in [3.8, 4) is 0 Å². The first kappa shape index (κ1) is 25.9. The molecule has 0 aliphatic carbocycles. The van der Waals surface area contributed by atoms with Crippen molar-refractivity contribution in [3.63, 3.8) is 0 Å². The maximum atomic E-state index is 14.5. The van der Waals surface area contributed by atoms with Gasteiger partial charge in [0.2, 0.25) is 0 Å². The van der Waals surface area contributed by atoms with Crippen LogP contribution in [0, 0.1) is 16.0 Å². The number of carbonyl (C=O) groups is 2. The number of aliphatic imine (C=N–C) groups is 1. The predicted octanol–water partition coefficient (Wildman–Crippen LogP) is 4.35. The van der Waals surface area contributed by atoms with E-state index in [4.69, 9.17) is 9.47 Å². The standard InChI is InChI=1S/C20H19F5N2O6/c1-4-32-17(28)13-10(3)26-16(19(21,22)20(23,24)25)15(18(29)33-5-2)14(13)11-7-6-8-12(9-11)27(30)31/h6-9,13-14H,4-5H2,1-3H3. The largest absolute Gasteiger partial charge is 0.465 e. The Bertz CT molecular complexity index is 1020. The number of hydrogen-bond acceptors (Lipinski definition) is 7. The zero-order valence-electron chi connectivity index (χ0n) is 17.6. The van der Waals surface area contributed by atoms with Crippen LogP contribution in [-0.2, 0) is 19.1 Å². The lowest BCUT2D eigenvalue weighted by atomic mass is 9.74. The number of alkyl halides is 5. The summed E-state index contributed by atoms with van der Waals surface area (Å²) in [6.07, 6.45) is -6.13. The fourth-order valence-corrected chi connectivity index (χ4v) is 3.40. The molecule has 13 heteroatoms. The first-order valence-corrected chi connectivity index (χ1v) is 9.60. The lowest BCUT2D eigenvalue weighted by Crippen LogP contribution is -2.44. The molecule has 0 bridgehead atoms. The second kappa shape index (κ2) is 9.63. The van der Waals surface area contributed by atoms with Gasteiger partial charge in [-0.2, -0.15) is 22.0 Å². The smallest absolute Gasteiger partial charge is 0.459 e. The Morgan fingerprint density at radius 2 is 1.73 bits per heavy atom. The number of nitro benzene ring substituents is 1. The van der Waals surface area contributed by atoms with E-state index in [1.807, 2.05) is 0 Å². The molecule has 0 amide bonds. The van der Waals surface area contributed by atoms with Crippen molar-refractivity contribution >= 4 is 23.3 Å². The molecule has 2 atom stereocenters. The van der Waals surface area contributed by atoms with Crippen LogP contribution in [0.4, 0.5) is 27.6 Å². The van der Waals surface area contributed by atoms with Crippen LogP contribution in [0.3, 0.4) is 0 Å². The van der Waals surface area contributed by atoms with Gasteiger partial charge in [-0.05, 0) is 26.3 Å². The number of rotatable bonds is 7. The second-order valence-corrected chi connectivity index (χ2v) is 6.87. The normalized spacial score (nSPS) is 19.1. The highest BCUT2D eigenvalue weighted by Crippen LogP contribution is 2.49. The topological polar surface area (TPSA) is 108 Å². The van der Waals surface area contributed by atoms with E-state index in [1.165, 1.54) is 13.8 Å². The number of carbonyl (C=O) groups excluding carboxylic acids is 2. The number of esters is 2. The second-order valence-electron chi connectivity index (χ2n) is 6.87. The van der Waals surface area contributed by atoms with E-state index in [-0.39, 0.29) is 18.8 Å². The summed E-state index contributed by atoms with van der Waals surface area (Å²) in [4.78, 5) is 39.0. The van der Waals surface area contributed by atoms with E-state index >= 15 is 0 Å². The van der Waals surface area contributed by atoms with Gasteiger partial charge in [0.25, 0.3) is 5.69 Å². The molecule has 1 aromatic rings. The molecule has 180 valence electrons. The summed E-state index contributed by atoms with van der Waals surface area (Å²) in [6.45, 7) is 3.19. The third-order valence-corrected chi connectivity index (χ3v) is 4.77. The average Bonchev–Trinajstić information content (AvgIpc) is 2.72. The first-order chi connectivity index (χ1) is 15.3. The first-order valence-electron chi connectivity index (χ1n) is 9.60.